The highest BCUT2D eigenvalue weighted by Gasteiger charge is 2.15. The summed E-state index contributed by atoms with van der Waals surface area (Å²) < 4.78 is 0. The number of hydrogen-bond donors (Lipinski definition) is 0. The van der Waals surface area contributed by atoms with E-state index < -0.39 is 8.07 Å². The van der Waals surface area contributed by atoms with E-state index in [9.17, 15) is 0 Å². The molecule has 0 amide bonds. The van der Waals surface area contributed by atoms with Gasteiger partial charge in [0.2, 0.25) is 0 Å². The van der Waals surface area contributed by atoms with Crippen LogP contribution in [0.5, 0.6) is 0 Å². The van der Waals surface area contributed by atoms with Crippen molar-refractivity contribution in [1.82, 2.24) is 4.98 Å². The van der Waals surface area contributed by atoms with E-state index in [1.807, 2.05) is 18.3 Å². The van der Waals surface area contributed by atoms with Crippen LogP contribution in [0.2, 0.25) is 19.6 Å². The lowest BCUT2D eigenvalue weighted by Crippen LogP contribution is -2.37. The molecule has 0 saturated carbocycles. The van der Waals surface area contributed by atoms with E-state index in [0.717, 1.165) is 11.1 Å². The Bertz CT molecular complexity index is 1360. The van der Waals surface area contributed by atoms with Crippen LogP contribution in [0.25, 0.3) is 44.3 Å². The summed E-state index contributed by atoms with van der Waals surface area (Å²) in [6.45, 7) is 7.16. The van der Waals surface area contributed by atoms with Gasteiger partial charge >= 0.3 is 0 Å². The molecule has 0 aliphatic rings. The van der Waals surface area contributed by atoms with Gasteiger partial charge in [-0.15, -0.1) is 0 Å². The minimum atomic E-state index is -1.26. The SMILES string of the molecule is C[Si](C)(C)c1ccc(-c2ccc(-c3ccc(-c4cnc5ccccc5c4)cc3)cc2)cc1. The zero-order valence-electron chi connectivity index (χ0n) is 18.8. The first-order valence-electron chi connectivity index (χ1n) is 11.1. The van der Waals surface area contributed by atoms with Crippen molar-refractivity contribution in [2.24, 2.45) is 0 Å². The van der Waals surface area contributed by atoms with Crippen molar-refractivity contribution in [3.63, 3.8) is 0 Å². The van der Waals surface area contributed by atoms with Crippen LogP contribution in [0.3, 0.4) is 0 Å². The average Bonchev–Trinajstić information content (AvgIpc) is 2.83. The molecule has 1 nitrogen and oxygen atoms in total. The smallest absolute Gasteiger partial charge is 0.0775 e. The monoisotopic (exact) mass is 429 g/mol. The highest BCUT2D eigenvalue weighted by Crippen LogP contribution is 2.28. The van der Waals surface area contributed by atoms with Crippen molar-refractivity contribution in [3.8, 4) is 33.4 Å². The van der Waals surface area contributed by atoms with Crippen molar-refractivity contribution < 1.29 is 0 Å². The summed E-state index contributed by atoms with van der Waals surface area (Å²) in [5.41, 5.74) is 8.35. The number of pyridine rings is 1. The zero-order valence-corrected chi connectivity index (χ0v) is 19.8. The third-order valence-corrected chi connectivity index (χ3v) is 8.18. The molecule has 0 bridgehead atoms. The molecule has 0 unspecified atom stereocenters. The summed E-state index contributed by atoms with van der Waals surface area (Å²) in [6, 6.07) is 37.2. The fourth-order valence-electron chi connectivity index (χ4n) is 4.10. The van der Waals surface area contributed by atoms with Crippen LogP contribution in [0.15, 0.2) is 109 Å². The fraction of sp³-hybridized carbons (Fsp3) is 0.100. The molecule has 0 N–H and O–H groups in total. The molecule has 5 aromatic rings. The third kappa shape index (κ3) is 4.14. The van der Waals surface area contributed by atoms with E-state index >= 15 is 0 Å². The molecule has 1 aromatic heterocycles. The minimum Gasteiger partial charge on any atom is -0.256 e. The maximum Gasteiger partial charge on any atom is 0.0775 e. The van der Waals surface area contributed by atoms with Crippen molar-refractivity contribution in [2.75, 3.05) is 0 Å². The molecule has 32 heavy (non-hydrogen) atoms. The predicted octanol–water partition coefficient (Wildman–Crippen LogP) is 7.78. The highest BCUT2D eigenvalue weighted by molar-refractivity contribution is 6.88. The van der Waals surface area contributed by atoms with Gasteiger partial charge in [0.05, 0.1) is 13.6 Å². The van der Waals surface area contributed by atoms with Gasteiger partial charge in [-0.25, -0.2) is 0 Å². The lowest BCUT2D eigenvalue weighted by molar-refractivity contribution is 1.41. The Balaban J connectivity index is 1.37. The molecule has 0 saturated heterocycles. The Morgan fingerprint density at radius 1 is 0.500 bits per heavy atom. The Morgan fingerprint density at radius 3 is 1.44 bits per heavy atom. The van der Waals surface area contributed by atoms with Gasteiger partial charge in [0.1, 0.15) is 0 Å². The Kier molecular flexibility index (Phi) is 5.24. The lowest BCUT2D eigenvalue weighted by atomic mass is 9.98. The number of aromatic nitrogens is 1. The first-order valence-corrected chi connectivity index (χ1v) is 14.6. The van der Waals surface area contributed by atoms with Crippen LogP contribution in [0.4, 0.5) is 0 Å². The molecule has 156 valence electrons. The fourth-order valence-corrected chi connectivity index (χ4v) is 5.27. The van der Waals surface area contributed by atoms with E-state index in [4.69, 9.17) is 0 Å². The van der Waals surface area contributed by atoms with E-state index in [2.05, 4.69) is 116 Å². The number of para-hydroxylation sites is 1. The molecule has 0 aliphatic carbocycles. The van der Waals surface area contributed by atoms with E-state index in [1.54, 1.807) is 0 Å². The van der Waals surface area contributed by atoms with E-state index in [0.29, 0.717) is 0 Å². The molecular formula is C30H27NSi. The second-order valence-electron chi connectivity index (χ2n) is 9.40. The Morgan fingerprint density at radius 2 is 0.938 bits per heavy atom. The Labute approximate surface area is 191 Å². The summed E-state index contributed by atoms with van der Waals surface area (Å²) in [7, 11) is -1.26. The van der Waals surface area contributed by atoms with Gasteiger partial charge < -0.3 is 0 Å². The molecule has 0 spiro atoms. The summed E-state index contributed by atoms with van der Waals surface area (Å²) >= 11 is 0. The summed E-state index contributed by atoms with van der Waals surface area (Å²) in [5.74, 6) is 0. The van der Waals surface area contributed by atoms with Gasteiger partial charge in [0.25, 0.3) is 0 Å². The third-order valence-electron chi connectivity index (χ3n) is 6.11. The van der Waals surface area contributed by atoms with Crippen LogP contribution < -0.4 is 5.19 Å². The van der Waals surface area contributed by atoms with Crippen LogP contribution in [0.1, 0.15) is 0 Å². The molecule has 5 rings (SSSR count). The number of rotatable bonds is 4. The van der Waals surface area contributed by atoms with Crippen molar-refractivity contribution in [1.29, 1.82) is 0 Å². The zero-order chi connectivity index (χ0) is 22.1. The maximum atomic E-state index is 4.60. The van der Waals surface area contributed by atoms with Gasteiger partial charge in [-0.05, 0) is 39.9 Å². The van der Waals surface area contributed by atoms with Gasteiger partial charge in [-0.2, -0.15) is 0 Å². The molecule has 1 heterocycles. The van der Waals surface area contributed by atoms with Crippen molar-refractivity contribution in [3.05, 3.63) is 109 Å². The standard InChI is InChI=1S/C30H27NSi/c1-32(2,3)29-18-16-25(17-19-29)24-10-8-22(9-11-24)23-12-14-26(15-13-23)28-20-27-6-4-5-7-30(27)31-21-28/h4-21H,1-3H3. The second kappa shape index (κ2) is 8.21. The normalized spacial score (nSPS) is 11.6. The first-order chi connectivity index (χ1) is 15.5. The minimum absolute atomic E-state index is 1.03. The van der Waals surface area contributed by atoms with Crippen LogP contribution in [-0.2, 0) is 0 Å². The van der Waals surface area contributed by atoms with Crippen molar-refractivity contribution in [2.45, 2.75) is 19.6 Å². The molecule has 0 radical (unpaired) electrons. The van der Waals surface area contributed by atoms with Crippen molar-refractivity contribution >= 4 is 24.2 Å². The largest absolute Gasteiger partial charge is 0.256 e. The van der Waals surface area contributed by atoms with Crippen LogP contribution in [-0.4, -0.2) is 13.1 Å². The number of nitrogens with zero attached hydrogens (tertiary/aromatic N) is 1. The molecule has 2 heteroatoms. The quantitative estimate of drug-likeness (QED) is 0.266. The molecule has 0 aliphatic heterocycles. The topological polar surface area (TPSA) is 12.9 Å². The van der Waals surface area contributed by atoms with E-state index in [1.165, 1.54) is 38.4 Å². The summed E-state index contributed by atoms with van der Waals surface area (Å²) in [6.07, 6.45) is 1.96. The number of fused-ring (bicyclic) bond motifs is 1. The average molecular weight is 430 g/mol. The molecular weight excluding hydrogens is 402 g/mol. The molecule has 4 aromatic carbocycles. The number of benzene rings is 4. The van der Waals surface area contributed by atoms with Gasteiger partial charge in [0.15, 0.2) is 0 Å². The molecule has 0 atom stereocenters. The predicted molar refractivity (Wildman–Crippen MR) is 141 cm³/mol. The van der Waals surface area contributed by atoms with Gasteiger partial charge in [0, 0.05) is 17.1 Å². The maximum absolute atomic E-state index is 4.60. The first kappa shape index (κ1) is 20.4. The van der Waals surface area contributed by atoms with E-state index in [-0.39, 0.29) is 0 Å². The highest BCUT2D eigenvalue weighted by atomic mass is 28.3. The number of hydrogen-bond acceptors (Lipinski definition) is 1. The lowest BCUT2D eigenvalue weighted by Gasteiger charge is -2.16. The van der Waals surface area contributed by atoms with Gasteiger partial charge in [-0.3, -0.25) is 4.98 Å². The van der Waals surface area contributed by atoms with Crippen LogP contribution >= 0.6 is 0 Å². The Hall–Kier alpha value is -3.49. The van der Waals surface area contributed by atoms with Crippen LogP contribution in [0, 0.1) is 0 Å². The second-order valence-corrected chi connectivity index (χ2v) is 14.5. The summed E-state index contributed by atoms with van der Waals surface area (Å²) in [4.78, 5) is 4.60. The summed E-state index contributed by atoms with van der Waals surface area (Å²) in [5, 5.41) is 2.67. The van der Waals surface area contributed by atoms with Gasteiger partial charge in [-0.1, -0.05) is 116 Å². The molecule has 0 fully saturated rings.